The van der Waals surface area contributed by atoms with Crippen LogP contribution in [0.5, 0.6) is 0 Å². The topological polar surface area (TPSA) is 60.4 Å². The molecule has 1 aliphatic heterocycles. The van der Waals surface area contributed by atoms with E-state index in [0.29, 0.717) is 18.6 Å². The van der Waals surface area contributed by atoms with Gasteiger partial charge in [-0.2, -0.15) is 0 Å². The standard InChI is InChI=1S/C18H22N4O2/c1-2-5-19-15(4-1)13-23-12-14-10-16-17(11-14)24-9-8-22(16)18-20-6-3-7-21-18/h1-7,14,16-17H,8-13H2. The van der Waals surface area contributed by atoms with Crippen molar-refractivity contribution in [1.29, 1.82) is 0 Å². The van der Waals surface area contributed by atoms with E-state index in [2.05, 4.69) is 19.9 Å². The maximum absolute atomic E-state index is 5.98. The first-order chi connectivity index (χ1) is 11.9. The number of fused-ring (bicyclic) bond motifs is 1. The predicted molar refractivity (Wildman–Crippen MR) is 89.5 cm³/mol. The fourth-order valence-electron chi connectivity index (χ4n) is 3.69. The van der Waals surface area contributed by atoms with Gasteiger partial charge in [0.1, 0.15) is 0 Å². The molecule has 3 unspecified atom stereocenters. The van der Waals surface area contributed by atoms with E-state index in [4.69, 9.17) is 9.47 Å². The molecule has 3 atom stereocenters. The number of aromatic nitrogens is 3. The van der Waals surface area contributed by atoms with Crippen LogP contribution >= 0.6 is 0 Å². The highest BCUT2D eigenvalue weighted by Crippen LogP contribution is 2.35. The van der Waals surface area contributed by atoms with E-state index in [1.54, 1.807) is 18.6 Å². The summed E-state index contributed by atoms with van der Waals surface area (Å²) in [4.78, 5) is 15.4. The highest BCUT2D eigenvalue weighted by atomic mass is 16.5. The SMILES string of the molecule is c1ccc(COCC2CC3OCCN(c4ncccn4)C3C2)nc1. The number of hydrogen-bond donors (Lipinski definition) is 0. The molecule has 6 nitrogen and oxygen atoms in total. The molecule has 2 aromatic rings. The summed E-state index contributed by atoms with van der Waals surface area (Å²) in [5.74, 6) is 1.32. The van der Waals surface area contributed by atoms with Gasteiger partial charge in [-0.1, -0.05) is 6.07 Å². The molecule has 2 fully saturated rings. The number of pyridine rings is 1. The number of nitrogens with zero attached hydrogens (tertiary/aromatic N) is 4. The maximum atomic E-state index is 5.98. The van der Waals surface area contributed by atoms with E-state index in [9.17, 15) is 0 Å². The summed E-state index contributed by atoms with van der Waals surface area (Å²) < 4.78 is 11.9. The summed E-state index contributed by atoms with van der Waals surface area (Å²) in [7, 11) is 0. The monoisotopic (exact) mass is 326 g/mol. The van der Waals surface area contributed by atoms with Gasteiger partial charge in [-0.15, -0.1) is 0 Å². The molecule has 0 N–H and O–H groups in total. The lowest BCUT2D eigenvalue weighted by atomic mass is 10.1. The maximum Gasteiger partial charge on any atom is 0.225 e. The smallest absolute Gasteiger partial charge is 0.225 e. The number of ether oxygens (including phenoxy) is 2. The van der Waals surface area contributed by atoms with Crippen LogP contribution in [0.2, 0.25) is 0 Å². The molecule has 2 aromatic heterocycles. The van der Waals surface area contributed by atoms with Gasteiger partial charge in [-0.3, -0.25) is 4.98 Å². The predicted octanol–water partition coefficient (Wildman–Crippen LogP) is 2.07. The van der Waals surface area contributed by atoms with Gasteiger partial charge >= 0.3 is 0 Å². The molecular weight excluding hydrogens is 304 g/mol. The van der Waals surface area contributed by atoms with Crippen LogP contribution in [-0.4, -0.2) is 46.9 Å². The third-order valence-corrected chi connectivity index (χ3v) is 4.77. The first-order valence-electron chi connectivity index (χ1n) is 8.53. The molecule has 4 rings (SSSR count). The van der Waals surface area contributed by atoms with Gasteiger partial charge in [0, 0.05) is 25.1 Å². The van der Waals surface area contributed by atoms with Gasteiger partial charge in [-0.05, 0) is 37.0 Å². The third-order valence-electron chi connectivity index (χ3n) is 4.77. The zero-order valence-corrected chi connectivity index (χ0v) is 13.6. The Morgan fingerprint density at radius 2 is 1.96 bits per heavy atom. The summed E-state index contributed by atoms with van der Waals surface area (Å²) in [6.07, 6.45) is 7.76. The molecule has 1 saturated carbocycles. The summed E-state index contributed by atoms with van der Waals surface area (Å²) in [5.41, 5.74) is 0.975. The zero-order valence-electron chi connectivity index (χ0n) is 13.6. The summed E-state index contributed by atoms with van der Waals surface area (Å²) in [6.45, 7) is 2.91. The number of hydrogen-bond acceptors (Lipinski definition) is 6. The van der Waals surface area contributed by atoms with E-state index in [0.717, 1.165) is 44.2 Å². The minimum atomic E-state index is 0.256. The van der Waals surface area contributed by atoms with Crippen LogP contribution in [0.3, 0.4) is 0 Å². The Hall–Kier alpha value is -2.05. The average Bonchev–Trinajstić information content (AvgIpc) is 3.06. The van der Waals surface area contributed by atoms with Crippen LogP contribution in [0.15, 0.2) is 42.9 Å². The van der Waals surface area contributed by atoms with Gasteiger partial charge in [0.2, 0.25) is 5.95 Å². The lowest BCUT2D eigenvalue weighted by Crippen LogP contribution is -2.49. The Morgan fingerprint density at radius 1 is 1.08 bits per heavy atom. The van der Waals surface area contributed by atoms with Crippen molar-refractivity contribution in [3.8, 4) is 0 Å². The Morgan fingerprint density at radius 3 is 2.79 bits per heavy atom. The van der Waals surface area contributed by atoms with Crippen molar-refractivity contribution in [1.82, 2.24) is 15.0 Å². The van der Waals surface area contributed by atoms with Crippen LogP contribution in [0.25, 0.3) is 0 Å². The molecule has 126 valence electrons. The normalized spacial score (nSPS) is 26.3. The van der Waals surface area contributed by atoms with Crippen molar-refractivity contribution in [2.24, 2.45) is 5.92 Å². The minimum absolute atomic E-state index is 0.256. The van der Waals surface area contributed by atoms with Crippen LogP contribution in [0.4, 0.5) is 5.95 Å². The molecule has 0 bridgehead atoms. The molecule has 1 saturated heterocycles. The molecule has 0 spiro atoms. The molecular formula is C18H22N4O2. The van der Waals surface area contributed by atoms with Crippen molar-refractivity contribution >= 4 is 5.95 Å². The molecule has 24 heavy (non-hydrogen) atoms. The second-order valence-electron chi connectivity index (χ2n) is 6.39. The Labute approximate surface area is 141 Å². The minimum Gasteiger partial charge on any atom is -0.375 e. The quantitative estimate of drug-likeness (QED) is 0.838. The Bertz CT molecular complexity index is 640. The van der Waals surface area contributed by atoms with Crippen molar-refractivity contribution in [2.75, 3.05) is 24.7 Å². The Kier molecular flexibility index (Phi) is 4.66. The van der Waals surface area contributed by atoms with Gasteiger partial charge < -0.3 is 14.4 Å². The second kappa shape index (κ2) is 7.23. The van der Waals surface area contributed by atoms with E-state index < -0.39 is 0 Å². The first kappa shape index (κ1) is 15.5. The summed E-state index contributed by atoms with van der Waals surface area (Å²) in [6, 6.07) is 8.10. The second-order valence-corrected chi connectivity index (χ2v) is 6.39. The van der Waals surface area contributed by atoms with E-state index in [1.807, 2.05) is 24.3 Å². The average molecular weight is 326 g/mol. The first-order valence-corrected chi connectivity index (χ1v) is 8.53. The van der Waals surface area contributed by atoms with E-state index >= 15 is 0 Å². The van der Waals surface area contributed by atoms with Crippen molar-refractivity contribution in [2.45, 2.75) is 31.6 Å². The fourth-order valence-corrected chi connectivity index (χ4v) is 3.69. The van der Waals surface area contributed by atoms with Gasteiger partial charge in [0.25, 0.3) is 0 Å². The van der Waals surface area contributed by atoms with Crippen LogP contribution in [0, 0.1) is 5.92 Å². The molecule has 6 heteroatoms. The van der Waals surface area contributed by atoms with Crippen LogP contribution in [0.1, 0.15) is 18.5 Å². The van der Waals surface area contributed by atoms with E-state index in [1.165, 1.54) is 0 Å². The summed E-state index contributed by atoms with van der Waals surface area (Å²) >= 11 is 0. The number of rotatable bonds is 5. The van der Waals surface area contributed by atoms with Crippen molar-refractivity contribution < 1.29 is 9.47 Å². The largest absolute Gasteiger partial charge is 0.375 e. The highest BCUT2D eigenvalue weighted by molar-refractivity contribution is 5.33. The van der Waals surface area contributed by atoms with Crippen LogP contribution in [-0.2, 0) is 16.1 Å². The van der Waals surface area contributed by atoms with Crippen LogP contribution < -0.4 is 4.90 Å². The molecule has 0 amide bonds. The molecule has 3 heterocycles. The molecule has 2 aliphatic rings. The number of anilines is 1. The van der Waals surface area contributed by atoms with Gasteiger partial charge in [0.15, 0.2) is 0 Å². The van der Waals surface area contributed by atoms with Crippen molar-refractivity contribution in [3.05, 3.63) is 48.5 Å². The molecule has 0 aromatic carbocycles. The highest BCUT2D eigenvalue weighted by Gasteiger charge is 2.41. The number of morpholine rings is 1. The lowest BCUT2D eigenvalue weighted by molar-refractivity contribution is 0.0199. The van der Waals surface area contributed by atoms with Gasteiger partial charge in [-0.25, -0.2) is 9.97 Å². The van der Waals surface area contributed by atoms with Gasteiger partial charge in [0.05, 0.1) is 37.7 Å². The third kappa shape index (κ3) is 3.39. The lowest BCUT2D eigenvalue weighted by Gasteiger charge is -2.37. The molecule has 1 aliphatic carbocycles. The van der Waals surface area contributed by atoms with Crippen molar-refractivity contribution in [3.63, 3.8) is 0 Å². The zero-order chi connectivity index (χ0) is 16.2. The summed E-state index contributed by atoms with van der Waals surface area (Å²) in [5, 5.41) is 0. The van der Waals surface area contributed by atoms with E-state index in [-0.39, 0.29) is 6.10 Å². The fraction of sp³-hybridized carbons (Fsp3) is 0.500. The molecule has 0 radical (unpaired) electrons. The Balaban J connectivity index is 1.34.